The molecule has 88 valence electrons. The Morgan fingerprint density at radius 1 is 1.25 bits per heavy atom. The van der Waals surface area contributed by atoms with E-state index in [4.69, 9.17) is 0 Å². The zero-order valence-corrected chi connectivity index (χ0v) is 9.88. The number of hydrogen-bond acceptors (Lipinski definition) is 1. The Morgan fingerprint density at radius 2 is 2.00 bits per heavy atom. The highest BCUT2D eigenvalue weighted by molar-refractivity contribution is 5.16. The third kappa shape index (κ3) is 2.82. The molecule has 0 amide bonds. The van der Waals surface area contributed by atoms with Crippen molar-refractivity contribution >= 4 is 0 Å². The SMILES string of the molecule is CNC1CCCC1CCc1ccc(F)cc1. The van der Waals surface area contributed by atoms with Crippen molar-refractivity contribution in [1.82, 2.24) is 5.32 Å². The van der Waals surface area contributed by atoms with Gasteiger partial charge in [0.05, 0.1) is 0 Å². The molecule has 2 atom stereocenters. The van der Waals surface area contributed by atoms with Crippen LogP contribution in [-0.4, -0.2) is 13.1 Å². The lowest BCUT2D eigenvalue weighted by molar-refractivity contribution is 0.400. The van der Waals surface area contributed by atoms with Gasteiger partial charge in [0.25, 0.3) is 0 Å². The van der Waals surface area contributed by atoms with Gasteiger partial charge in [-0.3, -0.25) is 0 Å². The molecular weight excluding hydrogens is 201 g/mol. The van der Waals surface area contributed by atoms with Crippen molar-refractivity contribution in [3.05, 3.63) is 35.6 Å². The van der Waals surface area contributed by atoms with Gasteiger partial charge in [-0.2, -0.15) is 0 Å². The Morgan fingerprint density at radius 3 is 2.69 bits per heavy atom. The van der Waals surface area contributed by atoms with Crippen LogP contribution in [0.25, 0.3) is 0 Å². The first-order valence-electron chi connectivity index (χ1n) is 6.21. The molecule has 1 saturated carbocycles. The molecule has 0 spiro atoms. The molecule has 2 rings (SSSR count). The van der Waals surface area contributed by atoms with Crippen molar-refractivity contribution in [3.8, 4) is 0 Å². The van der Waals surface area contributed by atoms with Crippen LogP contribution in [0, 0.1) is 11.7 Å². The van der Waals surface area contributed by atoms with Gasteiger partial charge < -0.3 is 5.32 Å². The van der Waals surface area contributed by atoms with Crippen molar-refractivity contribution in [3.63, 3.8) is 0 Å². The zero-order valence-electron chi connectivity index (χ0n) is 9.88. The molecule has 1 fully saturated rings. The molecule has 16 heavy (non-hydrogen) atoms. The molecule has 2 heteroatoms. The van der Waals surface area contributed by atoms with E-state index in [2.05, 4.69) is 12.4 Å². The third-order valence-corrected chi connectivity index (χ3v) is 3.75. The lowest BCUT2D eigenvalue weighted by atomic mass is 9.95. The van der Waals surface area contributed by atoms with Gasteiger partial charge in [-0.25, -0.2) is 4.39 Å². The summed E-state index contributed by atoms with van der Waals surface area (Å²) in [5.74, 6) is 0.660. The van der Waals surface area contributed by atoms with E-state index < -0.39 is 0 Å². The maximum Gasteiger partial charge on any atom is 0.123 e. The van der Waals surface area contributed by atoms with Crippen LogP contribution in [0.1, 0.15) is 31.2 Å². The zero-order chi connectivity index (χ0) is 11.4. The molecule has 1 aliphatic carbocycles. The second-order valence-corrected chi connectivity index (χ2v) is 4.75. The fraction of sp³-hybridized carbons (Fsp3) is 0.571. The topological polar surface area (TPSA) is 12.0 Å². The number of hydrogen-bond donors (Lipinski definition) is 1. The molecule has 0 radical (unpaired) electrons. The van der Waals surface area contributed by atoms with Gasteiger partial charge in [0.1, 0.15) is 5.82 Å². The summed E-state index contributed by atoms with van der Waals surface area (Å²) in [6.07, 6.45) is 6.29. The molecule has 0 bridgehead atoms. The Kier molecular flexibility index (Phi) is 3.94. The Balaban J connectivity index is 1.85. The average Bonchev–Trinajstić information content (AvgIpc) is 2.76. The third-order valence-electron chi connectivity index (χ3n) is 3.75. The highest BCUT2D eigenvalue weighted by Gasteiger charge is 2.25. The minimum atomic E-state index is -0.141. The number of benzene rings is 1. The van der Waals surface area contributed by atoms with E-state index in [0.29, 0.717) is 6.04 Å². The molecule has 0 aromatic heterocycles. The molecule has 2 unspecified atom stereocenters. The van der Waals surface area contributed by atoms with Crippen LogP contribution < -0.4 is 5.32 Å². The fourth-order valence-electron chi connectivity index (χ4n) is 2.77. The van der Waals surface area contributed by atoms with Crippen LogP contribution in [0.15, 0.2) is 24.3 Å². The summed E-state index contributed by atoms with van der Waals surface area (Å²) in [7, 11) is 2.06. The first-order valence-corrected chi connectivity index (χ1v) is 6.21. The maximum atomic E-state index is 12.7. The lowest BCUT2D eigenvalue weighted by Crippen LogP contribution is -2.29. The number of nitrogens with one attached hydrogen (secondary N) is 1. The second kappa shape index (κ2) is 5.44. The lowest BCUT2D eigenvalue weighted by Gasteiger charge is -2.18. The molecule has 1 nitrogen and oxygen atoms in total. The quantitative estimate of drug-likeness (QED) is 0.823. The maximum absolute atomic E-state index is 12.7. The van der Waals surface area contributed by atoms with E-state index >= 15 is 0 Å². The Hall–Kier alpha value is -0.890. The van der Waals surface area contributed by atoms with Gasteiger partial charge in [0, 0.05) is 6.04 Å². The van der Waals surface area contributed by atoms with E-state index in [0.717, 1.165) is 12.3 Å². The smallest absolute Gasteiger partial charge is 0.123 e. The number of aryl methyl sites for hydroxylation is 1. The van der Waals surface area contributed by atoms with Gasteiger partial charge in [-0.15, -0.1) is 0 Å². The highest BCUT2D eigenvalue weighted by atomic mass is 19.1. The standard InChI is InChI=1S/C14H20FN/c1-16-14-4-2-3-12(14)8-5-11-6-9-13(15)10-7-11/h6-7,9-10,12,14,16H,2-5,8H2,1H3. The second-order valence-electron chi connectivity index (χ2n) is 4.75. The molecule has 1 aliphatic rings. The number of halogens is 1. The Bertz CT molecular complexity index is 320. The Labute approximate surface area is 97.1 Å². The first-order chi connectivity index (χ1) is 7.79. The van der Waals surface area contributed by atoms with E-state index in [1.54, 1.807) is 12.1 Å². The van der Waals surface area contributed by atoms with E-state index in [-0.39, 0.29) is 5.82 Å². The summed E-state index contributed by atoms with van der Waals surface area (Å²) in [6.45, 7) is 0. The van der Waals surface area contributed by atoms with Crippen LogP contribution in [-0.2, 0) is 6.42 Å². The molecule has 1 aromatic rings. The van der Waals surface area contributed by atoms with E-state index in [1.165, 1.54) is 31.2 Å². The van der Waals surface area contributed by atoms with Crippen LogP contribution in [0.2, 0.25) is 0 Å². The van der Waals surface area contributed by atoms with Crippen molar-refractivity contribution in [2.45, 2.75) is 38.1 Å². The van der Waals surface area contributed by atoms with Gasteiger partial charge in [-0.05, 0) is 56.3 Å². The van der Waals surface area contributed by atoms with Crippen molar-refractivity contribution in [1.29, 1.82) is 0 Å². The largest absolute Gasteiger partial charge is 0.317 e. The van der Waals surface area contributed by atoms with Gasteiger partial charge in [0.2, 0.25) is 0 Å². The monoisotopic (exact) mass is 221 g/mol. The number of rotatable bonds is 4. The van der Waals surface area contributed by atoms with Crippen LogP contribution in [0.3, 0.4) is 0 Å². The van der Waals surface area contributed by atoms with E-state index in [9.17, 15) is 4.39 Å². The van der Waals surface area contributed by atoms with Gasteiger partial charge in [-0.1, -0.05) is 18.6 Å². The highest BCUT2D eigenvalue weighted by Crippen LogP contribution is 2.29. The first kappa shape index (κ1) is 11.6. The molecule has 0 heterocycles. The molecular formula is C14H20FN. The van der Waals surface area contributed by atoms with Crippen LogP contribution >= 0.6 is 0 Å². The molecule has 1 aromatic carbocycles. The summed E-state index contributed by atoms with van der Waals surface area (Å²) in [5, 5.41) is 3.40. The predicted molar refractivity (Wildman–Crippen MR) is 64.9 cm³/mol. The van der Waals surface area contributed by atoms with Crippen molar-refractivity contribution < 1.29 is 4.39 Å². The summed E-state index contributed by atoms with van der Waals surface area (Å²) in [5.41, 5.74) is 1.25. The van der Waals surface area contributed by atoms with Crippen LogP contribution in [0.4, 0.5) is 4.39 Å². The minimum Gasteiger partial charge on any atom is -0.317 e. The normalized spacial score (nSPS) is 24.9. The molecule has 1 N–H and O–H groups in total. The van der Waals surface area contributed by atoms with Crippen LogP contribution in [0.5, 0.6) is 0 Å². The summed E-state index contributed by atoms with van der Waals surface area (Å²) in [4.78, 5) is 0. The van der Waals surface area contributed by atoms with Gasteiger partial charge >= 0.3 is 0 Å². The molecule has 0 aliphatic heterocycles. The average molecular weight is 221 g/mol. The fourth-order valence-corrected chi connectivity index (χ4v) is 2.77. The summed E-state index contributed by atoms with van der Waals surface area (Å²) >= 11 is 0. The summed E-state index contributed by atoms with van der Waals surface area (Å²) < 4.78 is 12.7. The minimum absolute atomic E-state index is 0.141. The van der Waals surface area contributed by atoms with Gasteiger partial charge in [0.15, 0.2) is 0 Å². The molecule has 0 saturated heterocycles. The summed E-state index contributed by atoms with van der Waals surface area (Å²) in [6, 6.07) is 7.61. The van der Waals surface area contributed by atoms with Crippen molar-refractivity contribution in [2.75, 3.05) is 7.05 Å². The predicted octanol–water partition coefficient (Wildman–Crippen LogP) is 3.15. The van der Waals surface area contributed by atoms with E-state index in [1.807, 2.05) is 12.1 Å². The van der Waals surface area contributed by atoms with Crippen molar-refractivity contribution in [2.24, 2.45) is 5.92 Å².